The lowest BCUT2D eigenvalue weighted by molar-refractivity contribution is -0.00384. The molecule has 3 nitrogen and oxygen atoms in total. The van der Waals surface area contributed by atoms with Crippen molar-refractivity contribution in [2.75, 3.05) is 6.54 Å². The Balaban J connectivity index is 1.83. The van der Waals surface area contributed by atoms with Crippen molar-refractivity contribution in [2.24, 2.45) is 0 Å². The first-order valence-electron chi connectivity index (χ1n) is 7.07. The molecule has 0 amide bonds. The number of rotatable bonds is 5. The summed E-state index contributed by atoms with van der Waals surface area (Å²) in [6.07, 6.45) is 7.57. The van der Waals surface area contributed by atoms with Crippen molar-refractivity contribution in [3.8, 4) is 0 Å². The van der Waals surface area contributed by atoms with Gasteiger partial charge in [-0.05, 0) is 50.8 Å². The number of hydrogen-bond acceptors (Lipinski definition) is 3. The molecule has 1 saturated carbocycles. The Labute approximate surface area is 110 Å². The van der Waals surface area contributed by atoms with Gasteiger partial charge in [0, 0.05) is 24.4 Å². The second kappa shape index (κ2) is 6.30. The van der Waals surface area contributed by atoms with Crippen LogP contribution in [0.3, 0.4) is 0 Å². The van der Waals surface area contributed by atoms with Crippen LogP contribution in [0.15, 0.2) is 24.4 Å². The average molecular weight is 248 g/mol. The van der Waals surface area contributed by atoms with Gasteiger partial charge in [-0.25, -0.2) is 0 Å². The van der Waals surface area contributed by atoms with Gasteiger partial charge in [0.15, 0.2) is 0 Å². The van der Waals surface area contributed by atoms with Crippen molar-refractivity contribution >= 4 is 0 Å². The van der Waals surface area contributed by atoms with Crippen molar-refractivity contribution < 1.29 is 5.11 Å². The summed E-state index contributed by atoms with van der Waals surface area (Å²) >= 11 is 0. The first-order valence-corrected chi connectivity index (χ1v) is 7.07. The fraction of sp³-hybridized carbons (Fsp3) is 0.667. The summed E-state index contributed by atoms with van der Waals surface area (Å²) in [5.41, 5.74) is 0.457. The molecule has 2 N–H and O–H groups in total. The monoisotopic (exact) mass is 248 g/mol. The maximum absolute atomic E-state index is 10.6. The van der Waals surface area contributed by atoms with E-state index in [1.165, 1.54) is 6.42 Å². The molecular formula is C15H24N2O. The second-order valence-corrected chi connectivity index (χ2v) is 5.45. The third kappa shape index (κ3) is 3.79. The molecule has 0 bridgehead atoms. The van der Waals surface area contributed by atoms with Crippen LogP contribution >= 0.6 is 0 Å². The van der Waals surface area contributed by atoms with Gasteiger partial charge in [-0.3, -0.25) is 4.98 Å². The van der Waals surface area contributed by atoms with Crippen LogP contribution in [0.4, 0.5) is 0 Å². The molecule has 1 aromatic rings. The summed E-state index contributed by atoms with van der Waals surface area (Å²) in [6.45, 7) is 3.27. The van der Waals surface area contributed by atoms with E-state index in [2.05, 4.69) is 17.2 Å². The Morgan fingerprint density at radius 1 is 1.39 bits per heavy atom. The van der Waals surface area contributed by atoms with Gasteiger partial charge in [-0.2, -0.15) is 0 Å². The van der Waals surface area contributed by atoms with Crippen LogP contribution in [0.5, 0.6) is 0 Å². The minimum absolute atomic E-state index is 0.543. The minimum atomic E-state index is -0.543. The van der Waals surface area contributed by atoms with Crippen LogP contribution in [0.1, 0.15) is 44.7 Å². The minimum Gasteiger partial charge on any atom is -0.389 e. The van der Waals surface area contributed by atoms with Gasteiger partial charge in [0.05, 0.1) is 5.60 Å². The van der Waals surface area contributed by atoms with Crippen LogP contribution in [0.25, 0.3) is 0 Å². The Morgan fingerprint density at radius 3 is 2.78 bits per heavy atom. The normalized spacial score (nSPS) is 28.2. The van der Waals surface area contributed by atoms with E-state index in [0.29, 0.717) is 12.5 Å². The number of pyridine rings is 1. The number of nitrogens with one attached hydrogen (secondary N) is 1. The molecule has 0 atom stereocenters. The fourth-order valence-electron chi connectivity index (χ4n) is 2.72. The van der Waals surface area contributed by atoms with Crippen LogP contribution < -0.4 is 5.32 Å². The predicted octanol–water partition coefficient (Wildman–Crippen LogP) is 2.30. The Kier molecular flexibility index (Phi) is 4.72. The van der Waals surface area contributed by atoms with E-state index >= 15 is 0 Å². The molecule has 0 spiro atoms. The SMILES string of the molecule is CCCNC1CCC(O)(Cc2ccccn2)CC1. The molecular weight excluding hydrogens is 224 g/mol. The highest BCUT2D eigenvalue weighted by Crippen LogP contribution is 2.31. The zero-order valence-electron chi connectivity index (χ0n) is 11.2. The van der Waals surface area contributed by atoms with Gasteiger partial charge < -0.3 is 10.4 Å². The lowest BCUT2D eigenvalue weighted by Gasteiger charge is -2.36. The molecule has 0 unspecified atom stereocenters. The van der Waals surface area contributed by atoms with Gasteiger partial charge in [-0.15, -0.1) is 0 Å². The molecule has 100 valence electrons. The van der Waals surface area contributed by atoms with E-state index in [1.54, 1.807) is 6.20 Å². The first-order chi connectivity index (χ1) is 8.72. The molecule has 0 aromatic carbocycles. The summed E-state index contributed by atoms with van der Waals surface area (Å²) in [5, 5.41) is 14.1. The van der Waals surface area contributed by atoms with Gasteiger partial charge in [0.2, 0.25) is 0 Å². The zero-order chi connectivity index (χ0) is 12.8. The molecule has 2 rings (SSSR count). The first kappa shape index (κ1) is 13.5. The Bertz CT molecular complexity index is 345. The smallest absolute Gasteiger partial charge is 0.0704 e. The van der Waals surface area contributed by atoms with Crippen molar-refractivity contribution in [1.82, 2.24) is 10.3 Å². The number of aromatic nitrogens is 1. The van der Waals surface area contributed by atoms with E-state index in [-0.39, 0.29) is 0 Å². The number of aliphatic hydroxyl groups is 1. The molecule has 0 radical (unpaired) electrons. The highest BCUT2D eigenvalue weighted by atomic mass is 16.3. The molecule has 1 aromatic heterocycles. The highest BCUT2D eigenvalue weighted by molar-refractivity contribution is 5.08. The van der Waals surface area contributed by atoms with Crippen molar-refractivity contribution in [2.45, 2.75) is 57.1 Å². The largest absolute Gasteiger partial charge is 0.389 e. The molecule has 1 heterocycles. The van der Waals surface area contributed by atoms with Gasteiger partial charge in [0.1, 0.15) is 0 Å². The van der Waals surface area contributed by atoms with Gasteiger partial charge >= 0.3 is 0 Å². The topological polar surface area (TPSA) is 45.1 Å². The van der Waals surface area contributed by atoms with Crippen LogP contribution in [0.2, 0.25) is 0 Å². The molecule has 3 heteroatoms. The van der Waals surface area contributed by atoms with E-state index in [4.69, 9.17) is 0 Å². The van der Waals surface area contributed by atoms with Crippen LogP contribution in [0, 0.1) is 0 Å². The average Bonchev–Trinajstić information content (AvgIpc) is 2.39. The number of hydrogen-bond donors (Lipinski definition) is 2. The summed E-state index contributed by atoms with van der Waals surface area (Å²) in [4.78, 5) is 4.31. The molecule has 1 aliphatic rings. The van der Waals surface area contributed by atoms with Crippen molar-refractivity contribution in [3.63, 3.8) is 0 Å². The van der Waals surface area contributed by atoms with E-state index in [9.17, 15) is 5.11 Å². The van der Waals surface area contributed by atoms with Crippen LogP contribution in [-0.4, -0.2) is 28.3 Å². The van der Waals surface area contributed by atoms with Gasteiger partial charge in [-0.1, -0.05) is 13.0 Å². The molecule has 18 heavy (non-hydrogen) atoms. The van der Waals surface area contributed by atoms with Crippen LogP contribution in [-0.2, 0) is 6.42 Å². The van der Waals surface area contributed by atoms with E-state index < -0.39 is 5.60 Å². The molecule has 0 aliphatic heterocycles. The molecule has 1 aliphatic carbocycles. The maximum atomic E-state index is 10.6. The summed E-state index contributed by atoms with van der Waals surface area (Å²) < 4.78 is 0. The Morgan fingerprint density at radius 2 is 2.17 bits per heavy atom. The Hall–Kier alpha value is -0.930. The fourth-order valence-corrected chi connectivity index (χ4v) is 2.72. The summed E-state index contributed by atoms with van der Waals surface area (Å²) in [7, 11) is 0. The summed E-state index contributed by atoms with van der Waals surface area (Å²) in [6, 6.07) is 6.49. The standard InChI is InChI=1S/C15H24N2O/c1-2-10-16-13-6-8-15(18,9-7-13)12-14-5-3-4-11-17-14/h3-5,11,13,16,18H,2,6-10,12H2,1H3. The predicted molar refractivity (Wildman–Crippen MR) is 73.4 cm³/mol. The van der Waals surface area contributed by atoms with E-state index in [0.717, 1.165) is 37.9 Å². The van der Waals surface area contributed by atoms with Crippen molar-refractivity contribution in [1.29, 1.82) is 0 Å². The quantitative estimate of drug-likeness (QED) is 0.840. The third-order valence-electron chi connectivity index (χ3n) is 3.84. The lowest BCUT2D eigenvalue weighted by Crippen LogP contribution is -2.42. The van der Waals surface area contributed by atoms with Gasteiger partial charge in [0.25, 0.3) is 0 Å². The number of nitrogens with zero attached hydrogens (tertiary/aromatic N) is 1. The molecule has 0 saturated heterocycles. The van der Waals surface area contributed by atoms with Crippen molar-refractivity contribution in [3.05, 3.63) is 30.1 Å². The highest BCUT2D eigenvalue weighted by Gasteiger charge is 2.33. The summed E-state index contributed by atoms with van der Waals surface area (Å²) in [5.74, 6) is 0. The lowest BCUT2D eigenvalue weighted by atomic mass is 9.79. The molecule has 1 fully saturated rings. The van der Waals surface area contributed by atoms with E-state index in [1.807, 2.05) is 18.2 Å². The third-order valence-corrected chi connectivity index (χ3v) is 3.84. The second-order valence-electron chi connectivity index (χ2n) is 5.45. The zero-order valence-corrected chi connectivity index (χ0v) is 11.2. The maximum Gasteiger partial charge on any atom is 0.0704 e.